The van der Waals surface area contributed by atoms with Crippen molar-refractivity contribution in [3.8, 4) is 0 Å². The lowest BCUT2D eigenvalue weighted by molar-refractivity contribution is -0.155. The van der Waals surface area contributed by atoms with Crippen LogP contribution in [0.4, 0.5) is 0 Å². The van der Waals surface area contributed by atoms with Gasteiger partial charge >= 0.3 is 11.9 Å². The Morgan fingerprint density at radius 1 is 1.00 bits per heavy atom. The molecule has 1 aliphatic carbocycles. The molecule has 5 heteroatoms. The first-order valence-corrected chi connectivity index (χ1v) is 9.69. The maximum atomic E-state index is 12.6. The van der Waals surface area contributed by atoms with Crippen LogP contribution < -0.4 is 0 Å². The van der Waals surface area contributed by atoms with E-state index in [-0.39, 0.29) is 11.7 Å². The molecule has 1 saturated carbocycles. The van der Waals surface area contributed by atoms with Crippen LogP contribution in [0, 0.1) is 5.92 Å². The van der Waals surface area contributed by atoms with Crippen LogP contribution in [0.2, 0.25) is 0 Å². The summed E-state index contributed by atoms with van der Waals surface area (Å²) >= 11 is 0. The van der Waals surface area contributed by atoms with Crippen molar-refractivity contribution < 1.29 is 24.2 Å². The lowest BCUT2D eigenvalue weighted by Crippen LogP contribution is -2.35. The molecule has 0 aliphatic heterocycles. The third-order valence-electron chi connectivity index (χ3n) is 4.78. The zero-order chi connectivity index (χ0) is 18.5. The summed E-state index contributed by atoms with van der Waals surface area (Å²) in [5.74, 6) is -1.89. The van der Waals surface area contributed by atoms with E-state index in [9.17, 15) is 14.4 Å². The van der Waals surface area contributed by atoms with Crippen molar-refractivity contribution in [2.24, 2.45) is 5.92 Å². The number of carbonyl (C=O) groups is 3. The fourth-order valence-electron chi connectivity index (χ4n) is 3.39. The van der Waals surface area contributed by atoms with E-state index in [4.69, 9.17) is 9.84 Å². The van der Waals surface area contributed by atoms with Gasteiger partial charge in [-0.2, -0.15) is 0 Å². The molecule has 1 rings (SSSR count). The van der Waals surface area contributed by atoms with Gasteiger partial charge in [0, 0.05) is 24.5 Å². The number of carboxylic acid groups (broad SMARTS) is 1. The Kier molecular flexibility index (Phi) is 10.8. The molecule has 5 nitrogen and oxygen atoms in total. The van der Waals surface area contributed by atoms with E-state index in [1.165, 1.54) is 19.3 Å². The van der Waals surface area contributed by atoms with Crippen LogP contribution >= 0.6 is 0 Å². The molecule has 0 aromatic carbocycles. The normalized spacial score (nSPS) is 16.7. The van der Waals surface area contributed by atoms with Crippen molar-refractivity contribution in [3.05, 3.63) is 12.2 Å². The largest absolute Gasteiger partial charge is 0.478 e. The summed E-state index contributed by atoms with van der Waals surface area (Å²) in [7, 11) is 0. The summed E-state index contributed by atoms with van der Waals surface area (Å²) in [5, 5.41) is 8.60. The van der Waals surface area contributed by atoms with Gasteiger partial charge < -0.3 is 9.84 Å². The van der Waals surface area contributed by atoms with Crippen molar-refractivity contribution in [3.63, 3.8) is 0 Å². The van der Waals surface area contributed by atoms with Crippen LogP contribution in [0.15, 0.2) is 12.2 Å². The van der Waals surface area contributed by atoms with E-state index in [1.54, 1.807) is 0 Å². The van der Waals surface area contributed by atoms with Crippen LogP contribution in [0.1, 0.15) is 84.0 Å². The lowest BCUT2D eigenvalue weighted by atomic mass is 9.83. The van der Waals surface area contributed by atoms with Crippen molar-refractivity contribution in [2.75, 3.05) is 0 Å². The molecule has 142 valence electrons. The van der Waals surface area contributed by atoms with Gasteiger partial charge in [0.2, 0.25) is 0 Å². The molecular weight excluding hydrogens is 320 g/mol. The quantitative estimate of drug-likeness (QED) is 0.319. The Morgan fingerprint density at radius 3 is 2.28 bits per heavy atom. The van der Waals surface area contributed by atoms with Crippen LogP contribution in [0.5, 0.6) is 0 Å². The summed E-state index contributed by atoms with van der Waals surface area (Å²) in [6.07, 6.45) is 13.0. The summed E-state index contributed by atoms with van der Waals surface area (Å²) < 4.78 is 5.36. The first-order valence-electron chi connectivity index (χ1n) is 9.69. The number of Topliss-reactive ketones (excluding diaryl/α,β-unsaturated/α-hetero) is 1. The minimum absolute atomic E-state index is 0.0144. The van der Waals surface area contributed by atoms with Gasteiger partial charge in [-0.15, -0.1) is 0 Å². The monoisotopic (exact) mass is 352 g/mol. The van der Waals surface area contributed by atoms with Crippen LogP contribution in [-0.4, -0.2) is 28.9 Å². The highest BCUT2D eigenvalue weighted by molar-refractivity contribution is 5.93. The van der Waals surface area contributed by atoms with Crippen LogP contribution in [0.25, 0.3) is 0 Å². The van der Waals surface area contributed by atoms with Crippen molar-refractivity contribution in [1.82, 2.24) is 0 Å². The molecule has 0 radical (unpaired) electrons. The Labute approximate surface area is 150 Å². The Hall–Kier alpha value is -1.65. The topological polar surface area (TPSA) is 80.7 Å². The van der Waals surface area contributed by atoms with Gasteiger partial charge in [0.25, 0.3) is 0 Å². The number of esters is 1. The minimum Gasteiger partial charge on any atom is -0.478 e. The number of ketones is 1. The summed E-state index contributed by atoms with van der Waals surface area (Å²) in [5.41, 5.74) is 0. The predicted octanol–water partition coefficient (Wildman–Crippen LogP) is 4.44. The molecule has 0 heterocycles. The third kappa shape index (κ3) is 9.42. The van der Waals surface area contributed by atoms with E-state index >= 15 is 0 Å². The molecule has 1 N–H and O–H groups in total. The number of ether oxygens (including phenoxy) is 1. The highest BCUT2D eigenvalue weighted by Gasteiger charge is 2.31. The van der Waals surface area contributed by atoms with Crippen molar-refractivity contribution in [1.29, 1.82) is 0 Å². The summed E-state index contributed by atoms with van der Waals surface area (Å²) in [6, 6.07) is 0. The van der Waals surface area contributed by atoms with Gasteiger partial charge in [0.15, 0.2) is 11.9 Å². The number of aliphatic carboxylic acids is 1. The first-order chi connectivity index (χ1) is 12.0. The zero-order valence-corrected chi connectivity index (χ0v) is 15.4. The molecule has 1 fully saturated rings. The number of hydrogen-bond donors (Lipinski definition) is 1. The molecule has 1 atom stereocenters. The van der Waals surface area contributed by atoms with Gasteiger partial charge in [-0.3, -0.25) is 4.79 Å². The molecule has 0 amide bonds. The van der Waals surface area contributed by atoms with Gasteiger partial charge in [0.05, 0.1) is 0 Å². The molecular formula is C20H32O5. The van der Waals surface area contributed by atoms with Gasteiger partial charge in [-0.25, -0.2) is 9.59 Å². The zero-order valence-electron chi connectivity index (χ0n) is 15.4. The summed E-state index contributed by atoms with van der Waals surface area (Å²) in [6.45, 7) is 2.17. The van der Waals surface area contributed by atoms with Gasteiger partial charge in [-0.1, -0.05) is 58.3 Å². The van der Waals surface area contributed by atoms with E-state index in [2.05, 4.69) is 6.92 Å². The molecule has 0 spiro atoms. The second-order valence-electron chi connectivity index (χ2n) is 6.91. The average Bonchev–Trinajstić information content (AvgIpc) is 2.61. The Balaban J connectivity index is 2.52. The molecule has 1 unspecified atom stereocenters. The van der Waals surface area contributed by atoms with Gasteiger partial charge in [0.1, 0.15) is 0 Å². The molecule has 1 aliphatic rings. The maximum absolute atomic E-state index is 12.6. The minimum atomic E-state index is -1.20. The van der Waals surface area contributed by atoms with E-state index in [0.717, 1.165) is 63.5 Å². The number of rotatable bonds is 12. The first kappa shape index (κ1) is 21.4. The SMILES string of the molecule is CCCCCCCCC(=O)C(OC(=O)/C=C/C(=O)O)C1CCCCC1. The molecule has 0 bridgehead atoms. The lowest BCUT2D eigenvalue weighted by Gasteiger charge is -2.28. The Morgan fingerprint density at radius 2 is 1.64 bits per heavy atom. The molecule has 0 aromatic rings. The fourth-order valence-corrected chi connectivity index (χ4v) is 3.39. The highest BCUT2D eigenvalue weighted by Crippen LogP contribution is 2.29. The van der Waals surface area contributed by atoms with E-state index in [1.807, 2.05) is 0 Å². The average molecular weight is 352 g/mol. The van der Waals surface area contributed by atoms with Gasteiger partial charge in [-0.05, 0) is 19.3 Å². The number of carboxylic acids is 1. The number of carbonyl (C=O) groups excluding carboxylic acids is 2. The molecule has 0 aromatic heterocycles. The van der Waals surface area contributed by atoms with Crippen LogP contribution in [-0.2, 0) is 19.1 Å². The smallest absolute Gasteiger partial charge is 0.331 e. The molecule has 0 saturated heterocycles. The van der Waals surface area contributed by atoms with Crippen molar-refractivity contribution >= 4 is 17.7 Å². The fraction of sp³-hybridized carbons (Fsp3) is 0.750. The molecule has 25 heavy (non-hydrogen) atoms. The van der Waals surface area contributed by atoms with Crippen LogP contribution in [0.3, 0.4) is 0 Å². The van der Waals surface area contributed by atoms with E-state index < -0.39 is 18.0 Å². The van der Waals surface area contributed by atoms with Crippen molar-refractivity contribution in [2.45, 2.75) is 90.1 Å². The second kappa shape index (κ2) is 12.7. The summed E-state index contributed by atoms with van der Waals surface area (Å²) in [4.78, 5) is 34.9. The predicted molar refractivity (Wildman–Crippen MR) is 96.2 cm³/mol. The number of hydrogen-bond acceptors (Lipinski definition) is 4. The van der Waals surface area contributed by atoms with E-state index in [0.29, 0.717) is 6.42 Å². The number of unbranched alkanes of at least 4 members (excludes halogenated alkanes) is 5. The Bertz CT molecular complexity index is 449. The third-order valence-corrected chi connectivity index (χ3v) is 4.78. The standard InChI is InChI=1S/C20H32O5/c1-2-3-4-5-6-10-13-17(21)20(16-11-8-7-9-12-16)25-19(24)15-14-18(22)23/h14-16,20H,2-13H2,1H3,(H,22,23)/b15-14+. The maximum Gasteiger partial charge on any atom is 0.331 e. The highest BCUT2D eigenvalue weighted by atomic mass is 16.5. The second-order valence-corrected chi connectivity index (χ2v) is 6.91.